The molecule has 3 heterocycles. The van der Waals surface area contributed by atoms with E-state index in [1.807, 2.05) is 6.33 Å². The molecule has 2 aromatic heterocycles. The maximum atomic E-state index is 12.8. The number of anilines is 2. The van der Waals surface area contributed by atoms with Crippen LogP contribution < -0.4 is 21.1 Å². The minimum atomic E-state index is -0.435. The van der Waals surface area contributed by atoms with Gasteiger partial charge < -0.3 is 35.3 Å². The maximum Gasteiger partial charge on any atom is 0.415 e. The fourth-order valence-corrected chi connectivity index (χ4v) is 6.32. The Hall–Kier alpha value is -3.93. The summed E-state index contributed by atoms with van der Waals surface area (Å²) < 4.78 is 12.5. The summed E-state index contributed by atoms with van der Waals surface area (Å²) in [5.74, 6) is 1.31. The number of nitrogens with zero attached hydrogens (tertiary/aromatic N) is 5. The molecule has 4 N–H and O–H groups in total. The number of amides is 1. The summed E-state index contributed by atoms with van der Waals surface area (Å²) in [4.78, 5) is 40.8. The zero-order chi connectivity index (χ0) is 29.1. The number of likely N-dealkylation sites (tertiary alicyclic amines) is 1. The Bertz CT molecular complexity index is 1390. The van der Waals surface area contributed by atoms with E-state index in [2.05, 4.69) is 15.2 Å². The largest absolute Gasteiger partial charge is 0.465 e. The molecule has 0 radical (unpaired) electrons. The van der Waals surface area contributed by atoms with Crippen molar-refractivity contribution in [1.29, 1.82) is 0 Å². The van der Waals surface area contributed by atoms with Gasteiger partial charge in [-0.05, 0) is 75.6 Å². The number of aromatic nitrogens is 4. The summed E-state index contributed by atoms with van der Waals surface area (Å²) in [7, 11) is 1.33. The molecule has 42 heavy (non-hydrogen) atoms. The standard InChI is InChI=1S/C30H40N8O4/c1-41-28(39)19-6-12-24(13-7-19)42-30(40)37-16-14-22(15-17-37)33-26-25-27(38(18-32-25)23-4-2-3-5-23)36-29(35-26)34-21-10-8-20(31)9-11-21/h6-7,12-13,18,20-23H,2-5,8-11,14-17,31H2,1H3,(H2,33,34,35,36)/t20-,21-. The van der Waals surface area contributed by atoms with E-state index in [-0.39, 0.29) is 12.1 Å². The Morgan fingerprint density at radius 1 is 0.905 bits per heavy atom. The molecule has 6 rings (SSSR count). The molecule has 0 spiro atoms. The third-order valence-electron chi connectivity index (χ3n) is 8.82. The molecule has 224 valence electrons. The van der Waals surface area contributed by atoms with Crippen molar-refractivity contribution >= 4 is 35.0 Å². The van der Waals surface area contributed by atoms with Crippen LogP contribution in [0.15, 0.2) is 30.6 Å². The van der Waals surface area contributed by atoms with Crippen LogP contribution in [-0.4, -0.2) is 74.8 Å². The second-order valence-corrected chi connectivity index (χ2v) is 11.7. The molecule has 12 nitrogen and oxygen atoms in total. The maximum absolute atomic E-state index is 12.8. The van der Waals surface area contributed by atoms with Crippen molar-refractivity contribution in [3.63, 3.8) is 0 Å². The van der Waals surface area contributed by atoms with E-state index in [0.717, 1.165) is 68.3 Å². The first kappa shape index (κ1) is 28.2. The molecule has 3 aromatic rings. The van der Waals surface area contributed by atoms with Gasteiger partial charge in [0.1, 0.15) is 5.75 Å². The molecule has 1 aliphatic heterocycles. The molecular weight excluding hydrogens is 536 g/mol. The van der Waals surface area contributed by atoms with Gasteiger partial charge in [-0.3, -0.25) is 0 Å². The lowest BCUT2D eigenvalue weighted by Crippen LogP contribution is -2.43. The van der Waals surface area contributed by atoms with Gasteiger partial charge in [-0.1, -0.05) is 12.8 Å². The van der Waals surface area contributed by atoms with Crippen molar-refractivity contribution in [2.24, 2.45) is 5.73 Å². The van der Waals surface area contributed by atoms with Crippen LogP contribution in [0.1, 0.15) is 80.6 Å². The number of piperidine rings is 1. The van der Waals surface area contributed by atoms with Crippen molar-refractivity contribution in [2.75, 3.05) is 30.8 Å². The third kappa shape index (κ3) is 6.28. The molecule has 0 bridgehead atoms. The molecule has 1 saturated heterocycles. The van der Waals surface area contributed by atoms with Crippen molar-refractivity contribution < 1.29 is 19.1 Å². The molecule has 0 atom stereocenters. The first-order valence-electron chi connectivity index (χ1n) is 15.1. The number of carbonyl (C=O) groups is 2. The predicted octanol–water partition coefficient (Wildman–Crippen LogP) is 4.49. The molecule has 2 saturated carbocycles. The summed E-state index contributed by atoms with van der Waals surface area (Å²) in [6.07, 6.45) is 11.8. The molecule has 1 aromatic carbocycles. The normalized spacial score (nSPS) is 21.8. The van der Waals surface area contributed by atoms with Crippen molar-refractivity contribution in [3.05, 3.63) is 36.2 Å². The van der Waals surface area contributed by atoms with Gasteiger partial charge in [0, 0.05) is 37.3 Å². The lowest BCUT2D eigenvalue weighted by atomic mass is 9.92. The molecular formula is C30H40N8O4. The van der Waals surface area contributed by atoms with Gasteiger partial charge in [0.15, 0.2) is 17.0 Å². The number of esters is 1. The van der Waals surface area contributed by atoms with Gasteiger partial charge in [0.2, 0.25) is 5.95 Å². The Balaban J connectivity index is 1.12. The van der Waals surface area contributed by atoms with Crippen LogP contribution in [0.3, 0.4) is 0 Å². The highest BCUT2D eigenvalue weighted by Gasteiger charge is 2.28. The van der Waals surface area contributed by atoms with Gasteiger partial charge in [-0.2, -0.15) is 9.97 Å². The van der Waals surface area contributed by atoms with Crippen molar-refractivity contribution in [2.45, 2.75) is 88.4 Å². The Morgan fingerprint density at radius 3 is 2.29 bits per heavy atom. The Kier molecular flexibility index (Phi) is 8.41. The summed E-state index contributed by atoms with van der Waals surface area (Å²) in [6, 6.07) is 7.48. The molecule has 3 fully saturated rings. The van der Waals surface area contributed by atoms with E-state index >= 15 is 0 Å². The number of nitrogens with two attached hydrogens (primary N) is 1. The van der Waals surface area contributed by atoms with Crippen molar-refractivity contribution in [1.82, 2.24) is 24.4 Å². The quantitative estimate of drug-likeness (QED) is 0.344. The number of ether oxygens (including phenoxy) is 2. The zero-order valence-corrected chi connectivity index (χ0v) is 24.1. The first-order valence-corrected chi connectivity index (χ1v) is 15.1. The predicted molar refractivity (Wildman–Crippen MR) is 159 cm³/mol. The minimum Gasteiger partial charge on any atom is -0.465 e. The second kappa shape index (κ2) is 12.5. The Morgan fingerprint density at radius 2 is 1.60 bits per heavy atom. The summed E-state index contributed by atoms with van der Waals surface area (Å²) in [5.41, 5.74) is 8.18. The number of benzene rings is 1. The zero-order valence-electron chi connectivity index (χ0n) is 24.1. The van der Waals surface area contributed by atoms with E-state index in [9.17, 15) is 9.59 Å². The lowest BCUT2D eigenvalue weighted by molar-refractivity contribution is 0.0600. The number of fused-ring (bicyclic) bond motifs is 1. The number of imidazole rings is 1. The number of carbonyl (C=O) groups excluding carboxylic acids is 2. The number of hydrogen-bond donors (Lipinski definition) is 3. The van der Waals surface area contributed by atoms with E-state index in [0.29, 0.717) is 42.4 Å². The van der Waals surface area contributed by atoms with Crippen molar-refractivity contribution in [3.8, 4) is 5.75 Å². The van der Waals surface area contributed by atoms with E-state index in [4.69, 9.17) is 30.2 Å². The van der Waals surface area contributed by atoms with Crippen LogP contribution >= 0.6 is 0 Å². The second-order valence-electron chi connectivity index (χ2n) is 11.7. The van der Waals surface area contributed by atoms with Gasteiger partial charge in [0.25, 0.3) is 0 Å². The molecule has 0 unspecified atom stereocenters. The average Bonchev–Trinajstić information content (AvgIpc) is 3.69. The molecule has 12 heteroatoms. The van der Waals surface area contributed by atoms with Crippen LogP contribution in [0.25, 0.3) is 11.2 Å². The average molecular weight is 577 g/mol. The highest BCUT2D eigenvalue weighted by molar-refractivity contribution is 5.89. The molecule has 3 aliphatic rings. The van der Waals surface area contributed by atoms with E-state index in [1.165, 1.54) is 20.0 Å². The van der Waals surface area contributed by atoms with E-state index in [1.54, 1.807) is 29.2 Å². The van der Waals surface area contributed by atoms with Gasteiger partial charge in [-0.15, -0.1) is 0 Å². The Labute approximate surface area is 245 Å². The molecule has 2 aliphatic carbocycles. The first-order chi connectivity index (χ1) is 20.5. The fourth-order valence-electron chi connectivity index (χ4n) is 6.32. The van der Waals surface area contributed by atoms with Gasteiger partial charge in [0.05, 0.1) is 19.0 Å². The van der Waals surface area contributed by atoms with Gasteiger partial charge >= 0.3 is 12.1 Å². The lowest BCUT2D eigenvalue weighted by Gasteiger charge is -2.32. The number of rotatable bonds is 7. The number of methoxy groups -OCH3 is 1. The summed E-state index contributed by atoms with van der Waals surface area (Å²) >= 11 is 0. The van der Waals surface area contributed by atoms with Crippen LogP contribution in [0.2, 0.25) is 0 Å². The summed E-state index contributed by atoms with van der Waals surface area (Å²) in [5, 5.41) is 7.22. The smallest absolute Gasteiger partial charge is 0.415 e. The topological polar surface area (TPSA) is 150 Å². The van der Waals surface area contributed by atoms with Gasteiger partial charge in [-0.25, -0.2) is 14.6 Å². The van der Waals surface area contributed by atoms with Crippen LogP contribution in [-0.2, 0) is 4.74 Å². The number of hydrogen-bond acceptors (Lipinski definition) is 10. The minimum absolute atomic E-state index is 0.128. The van der Waals surface area contributed by atoms with Crippen LogP contribution in [0.5, 0.6) is 5.75 Å². The van der Waals surface area contributed by atoms with Crippen LogP contribution in [0, 0.1) is 0 Å². The third-order valence-corrected chi connectivity index (χ3v) is 8.82. The van der Waals surface area contributed by atoms with E-state index < -0.39 is 12.1 Å². The number of nitrogens with one attached hydrogen (secondary N) is 2. The summed E-state index contributed by atoms with van der Waals surface area (Å²) in [6.45, 7) is 1.10. The monoisotopic (exact) mass is 576 g/mol. The SMILES string of the molecule is COC(=O)c1ccc(OC(=O)N2CCC(Nc3nc(N[C@H]4CC[C@H](N)CC4)nc4c3ncn4C3CCCC3)CC2)cc1. The fraction of sp³-hybridized carbons (Fsp3) is 0.567. The molecule has 1 amide bonds. The van der Waals surface area contributed by atoms with Crippen LogP contribution in [0.4, 0.5) is 16.6 Å². The highest BCUT2D eigenvalue weighted by atomic mass is 16.6. The highest BCUT2D eigenvalue weighted by Crippen LogP contribution is 2.34.